The first-order valence-corrected chi connectivity index (χ1v) is 5.88. The minimum atomic E-state index is -0.370. The van der Waals surface area contributed by atoms with Crippen LogP contribution in [0.5, 0.6) is 0 Å². The summed E-state index contributed by atoms with van der Waals surface area (Å²) in [6.07, 6.45) is 1.46. The number of carbonyl (C=O) groups is 1. The fraction of sp³-hybridized carbons (Fsp3) is 0.750. The van der Waals surface area contributed by atoms with Gasteiger partial charge >= 0.3 is 0 Å². The number of hydrogen-bond donors (Lipinski definition) is 1. The van der Waals surface area contributed by atoms with E-state index in [-0.39, 0.29) is 11.3 Å². The molecular formula is C12H18N4O. The van der Waals surface area contributed by atoms with Gasteiger partial charge in [0.15, 0.2) is 0 Å². The number of nitrogens with one attached hydrogen (secondary N) is 1. The van der Waals surface area contributed by atoms with Crippen LogP contribution < -0.4 is 5.32 Å². The molecule has 92 valence electrons. The summed E-state index contributed by atoms with van der Waals surface area (Å²) in [6, 6.07) is 4.08. The van der Waals surface area contributed by atoms with Crippen molar-refractivity contribution in [3.05, 3.63) is 0 Å². The molecule has 1 atom stereocenters. The Balaban J connectivity index is 2.65. The normalized spacial score (nSPS) is 22.8. The maximum absolute atomic E-state index is 12.3. The van der Waals surface area contributed by atoms with Crippen molar-refractivity contribution in [2.45, 2.75) is 26.2 Å². The molecule has 0 aromatic carbocycles. The number of amides is 1. The van der Waals surface area contributed by atoms with E-state index in [0.29, 0.717) is 32.5 Å². The Bertz CT molecular complexity index is 328. The summed E-state index contributed by atoms with van der Waals surface area (Å²) in [5.41, 5.74) is -0.370. The molecular weight excluding hydrogens is 216 g/mol. The van der Waals surface area contributed by atoms with E-state index in [1.165, 1.54) is 0 Å². The third-order valence-corrected chi connectivity index (χ3v) is 3.16. The molecule has 0 aliphatic carbocycles. The van der Waals surface area contributed by atoms with Gasteiger partial charge < -0.3 is 10.2 Å². The van der Waals surface area contributed by atoms with Gasteiger partial charge in [0.25, 0.3) is 0 Å². The van der Waals surface area contributed by atoms with E-state index >= 15 is 0 Å². The zero-order valence-electron chi connectivity index (χ0n) is 10.2. The van der Waals surface area contributed by atoms with Crippen LogP contribution in [0.4, 0.5) is 0 Å². The first kappa shape index (κ1) is 13.5. The predicted molar refractivity (Wildman–Crippen MR) is 62.6 cm³/mol. The standard InChI is InChI=1S/C12H18N4O/c1-12(4-7-15-10-12)11(17)16(8-2-5-13)9-3-6-14/h15H,2-4,7-10H2,1H3. The summed E-state index contributed by atoms with van der Waals surface area (Å²) in [5.74, 6) is 0.0630. The van der Waals surface area contributed by atoms with Gasteiger partial charge in [0.2, 0.25) is 5.91 Å². The maximum Gasteiger partial charge on any atom is 0.229 e. The first-order valence-electron chi connectivity index (χ1n) is 5.88. The Kier molecular flexibility index (Phi) is 4.93. The maximum atomic E-state index is 12.3. The van der Waals surface area contributed by atoms with E-state index in [9.17, 15) is 4.79 Å². The number of nitriles is 2. The van der Waals surface area contributed by atoms with Crippen LogP contribution >= 0.6 is 0 Å². The first-order chi connectivity index (χ1) is 8.14. The lowest BCUT2D eigenvalue weighted by Gasteiger charge is -2.30. The van der Waals surface area contributed by atoms with Gasteiger partial charge in [0.05, 0.1) is 30.4 Å². The average molecular weight is 234 g/mol. The second-order valence-electron chi connectivity index (χ2n) is 4.60. The average Bonchev–Trinajstić information content (AvgIpc) is 2.77. The van der Waals surface area contributed by atoms with Crippen LogP contribution in [0.1, 0.15) is 26.2 Å². The van der Waals surface area contributed by atoms with Crippen LogP contribution in [-0.2, 0) is 4.79 Å². The van der Waals surface area contributed by atoms with Gasteiger partial charge in [-0.05, 0) is 19.9 Å². The van der Waals surface area contributed by atoms with E-state index in [1.54, 1.807) is 4.90 Å². The Morgan fingerprint density at radius 3 is 2.35 bits per heavy atom. The van der Waals surface area contributed by atoms with Gasteiger partial charge in [-0.2, -0.15) is 10.5 Å². The lowest BCUT2D eigenvalue weighted by Crippen LogP contribution is -2.44. The molecule has 0 aromatic rings. The van der Waals surface area contributed by atoms with Gasteiger partial charge in [-0.1, -0.05) is 0 Å². The van der Waals surface area contributed by atoms with E-state index in [2.05, 4.69) is 5.32 Å². The van der Waals surface area contributed by atoms with Crippen LogP contribution in [0, 0.1) is 28.1 Å². The fourth-order valence-corrected chi connectivity index (χ4v) is 2.07. The van der Waals surface area contributed by atoms with Crippen molar-refractivity contribution in [3.8, 4) is 12.1 Å². The minimum Gasteiger partial charge on any atom is -0.340 e. The molecule has 0 bridgehead atoms. The summed E-state index contributed by atoms with van der Waals surface area (Å²) in [5, 5.41) is 20.4. The molecule has 1 fully saturated rings. The summed E-state index contributed by atoms with van der Waals surface area (Å²) in [4.78, 5) is 14.0. The molecule has 0 aromatic heterocycles. The highest BCUT2D eigenvalue weighted by Gasteiger charge is 2.38. The van der Waals surface area contributed by atoms with Crippen LogP contribution in [0.2, 0.25) is 0 Å². The SMILES string of the molecule is CC1(C(=O)N(CCC#N)CCC#N)CCNC1. The molecule has 1 aliphatic heterocycles. The minimum absolute atomic E-state index is 0.0630. The molecule has 0 radical (unpaired) electrons. The van der Waals surface area contributed by atoms with E-state index in [0.717, 1.165) is 13.0 Å². The Hall–Kier alpha value is -1.59. The lowest BCUT2D eigenvalue weighted by atomic mass is 9.88. The number of nitrogens with zero attached hydrogens (tertiary/aromatic N) is 3. The summed E-state index contributed by atoms with van der Waals surface area (Å²) >= 11 is 0. The van der Waals surface area contributed by atoms with Gasteiger partial charge in [0.1, 0.15) is 0 Å². The molecule has 1 unspecified atom stereocenters. The van der Waals surface area contributed by atoms with Gasteiger partial charge in [0, 0.05) is 19.6 Å². The van der Waals surface area contributed by atoms with E-state index in [4.69, 9.17) is 10.5 Å². The highest BCUT2D eigenvalue weighted by molar-refractivity contribution is 5.83. The van der Waals surface area contributed by atoms with Crippen LogP contribution in [0.15, 0.2) is 0 Å². The van der Waals surface area contributed by atoms with Gasteiger partial charge in [-0.15, -0.1) is 0 Å². The van der Waals surface area contributed by atoms with Crippen molar-refractivity contribution in [2.24, 2.45) is 5.41 Å². The number of carbonyl (C=O) groups excluding carboxylic acids is 1. The largest absolute Gasteiger partial charge is 0.340 e. The van der Waals surface area contributed by atoms with Crippen molar-refractivity contribution < 1.29 is 4.79 Å². The highest BCUT2D eigenvalue weighted by Crippen LogP contribution is 2.27. The third kappa shape index (κ3) is 3.44. The van der Waals surface area contributed by atoms with Crippen molar-refractivity contribution in [1.82, 2.24) is 10.2 Å². The van der Waals surface area contributed by atoms with Crippen LogP contribution in [0.3, 0.4) is 0 Å². The lowest BCUT2D eigenvalue weighted by molar-refractivity contribution is -0.140. The zero-order chi connectivity index (χ0) is 12.7. The smallest absolute Gasteiger partial charge is 0.229 e. The van der Waals surface area contributed by atoms with Crippen molar-refractivity contribution >= 4 is 5.91 Å². The van der Waals surface area contributed by atoms with Gasteiger partial charge in [-0.3, -0.25) is 4.79 Å². The molecule has 1 amide bonds. The second-order valence-corrected chi connectivity index (χ2v) is 4.60. The topological polar surface area (TPSA) is 79.9 Å². The zero-order valence-corrected chi connectivity index (χ0v) is 10.2. The molecule has 1 N–H and O–H groups in total. The molecule has 0 saturated carbocycles. The Morgan fingerprint density at radius 1 is 1.35 bits per heavy atom. The molecule has 1 saturated heterocycles. The van der Waals surface area contributed by atoms with E-state index in [1.807, 2.05) is 19.1 Å². The summed E-state index contributed by atoms with van der Waals surface area (Å²) in [7, 11) is 0. The van der Waals surface area contributed by atoms with Gasteiger partial charge in [-0.25, -0.2) is 0 Å². The molecule has 1 aliphatic rings. The number of hydrogen-bond acceptors (Lipinski definition) is 4. The fourth-order valence-electron chi connectivity index (χ4n) is 2.07. The number of rotatable bonds is 5. The summed E-state index contributed by atoms with van der Waals surface area (Å²) in [6.45, 7) is 4.33. The monoisotopic (exact) mass is 234 g/mol. The van der Waals surface area contributed by atoms with Crippen molar-refractivity contribution in [1.29, 1.82) is 10.5 Å². The molecule has 0 spiro atoms. The Labute approximate surface area is 102 Å². The molecule has 17 heavy (non-hydrogen) atoms. The second kappa shape index (κ2) is 6.22. The molecule has 1 heterocycles. The third-order valence-electron chi connectivity index (χ3n) is 3.16. The quantitative estimate of drug-likeness (QED) is 0.757. The van der Waals surface area contributed by atoms with E-state index < -0.39 is 0 Å². The molecule has 5 heteroatoms. The highest BCUT2D eigenvalue weighted by atomic mass is 16.2. The summed E-state index contributed by atoms with van der Waals surface area (Å²) < 4.78 is 0. The Morgan fingerprint density at radius 2 is 1.94 bits per heavy atom. The predicted octanol–water partition coefficient (Wildman–Crippen LogP) is 0.642. The van der Waals surface area contributed by atoms with Crippen LogP contribution in [0.25, 0.3) is 0 Å². The molecule has 5 nitrogen and oxygen atoms in total. The van der Waals surface area contributed by atoms with Crippen molar-refractivity contribution in [3.63, 3.8) is 0 Å². The van der Waals surface area contributed by atoms with Crippen LogP contribution in [-0.4, -0.2) is 37.0 Å². The molecule has 1 rings (SSSR count). The van der Waals surface area contributed by atoms with Crippen molar-refractivity contribution in [2.75, 3.05) is 26.2 Å².